The molecule has 2 heterocycles. The van der Waals surface area contributed by atoms with E-state index in [0.717, 1.165) is 16.6 Å². The Balaban J connectivity index is 1.88. The van der Waals surface area contributed by atoms with E-state index < -0.39 is 9.84 Å². The van der Waals surface area contributed by atoms with Crippen LogP contribution in [0.25, 0.3) is 10.9 Å². The minimum atomic E-state index is -2.88. The number of nitriles is 1. The highest BCUT2D eigenvalue weighted by molar-refractivity contribution is 7.91. The topological polar surface area (TPSA) is 82.8 Å². The van der Waals surface area contributed by atoms with E-state index in [1.807, 2.05) is 24.3 Å². The zero-order valence-corrected chi connectivity index (χ0v) is 12.2. The number of benzene rings is 1. The van der Waals surface area contributed by atoms with Gasteiger partial charge < -0.3 is 5.32 Å². The number of para-hydroxylation sites is 1. The summed E-state index contributed by atoms with van der Waals surface area (Å²) in [4.78, 5) is 4.26. The predicted molar refractivity (Wildman–Crippen MR) is 81.7 cm³/mol. The van der Waals surface area contributed by atoms with E-state index in [-0.39, 0.29) is 17.4 Å². The number of fused-ring (bicyclic) bond motifs is 1. The molecule has 1 aliphatic heterocycles. The Labute approximate surface area is 123 Å². The van der Waals surface area contributed by atoms with Crippen molar-refractivity contribution in [3.8, 4) is 6.07 Å². The Bertz CT molecular complexity index is 824. The summed E-state index contributed by atoms with van der Waals surface area (Å²) in [7, 11) is -2.88. The van der Waals surface area contributed by atoms with Crippen molar-refractivity contribution in [1.29, 1.82) is 5.26 Å². The van der Waals surface area contributed by atoms with Crippen LogP contribution in [0.3, 0.4) is 0 Å². The SMILES string of the molecule is N#Cc1cnc2ccccc2c1NCC1CCS(=O)(=O)C1. The molecule has 0 bridgehead atoms. The Morgan fingerprint density at radius 3 is 2.90 bits per heavy atom. The lowest BCUT2D eigenvalue weighted by atomic mass is 10.1. The number of nitrogens with zero attached hydrogens (tertiary/aromatic N) is 2. The largest absolute Gasteiger partial charge is 0.383 e. The number of pyridine rings is 1. The molecule has 1 aromatic carbocycles. The van der Waals surface area contributed by atoms with E-state index in [2.05, 4.69) is 16.4 Å². The molecule has 21 heavy (non-hydrogen) atoms. The molecular weight excluding hydrogens is 286 g/mol. The van der Waals surface area contributed by atoms with Gasteiger partial charge in [0.2, 0.25) is 0 Å². The second kappa shape index (κ2) is 5.34. The lowest BCUT2D eigenvalue weighted by molar-refractivity contribution is 0.596. The van der Waals surface area contributed by atoms with E-state index >= 15 is 0 Å². The van der Waals surface area contributed by atoms with Crippen LogP contribution in [-0.2, 0) is 9.84 Å². The number of hydrogen-bond donors (Lipinski definition) is 1. The fraction of sp³-hybridized carbons (Fsp3) is 0.333. The van der Waals surface area contributed by atoms with E-state index in [4.69, 9.17) is 0 Å². The zero-order valence-electron chi connectivity index (χ0n) is 11.4. The normalized spacial score (nSPS) is 20.2. The number of hydrogen-bond acceptors (Lipinski definition) is 5. The van der Waals surface area contributed by atoms with Gasteiger partial charge in [0, 0.05) is 18.1 Å². The van der Waals surface area contributed by atoms with Gasteiger partial charge in [-0.2, -0.15) is 5.26 Å². The van der Waals surface area contributed by atoms with E-state index in [1.165, 1.54) is 0 Å². The molecule has 1 atom stereocenters. The average molecular weight is 301 g/mol. The van der Waals surface area contributed by atoms with Gasteiger partial charge in [-0.05, 0) is 18.4 Å². The lowest BCUT2D eigenvalue weighted by Gasteiger charge is -2.14. The lowest BCUT2D eigenvalue weighted by Crippen LogP contribution is -2.16. The van der Waals surface area contributed by atoms with Gasteiger partial charge in [-0.15, -0.1) is 0 Å². The Morgan fingerprint density at radius 2 is 2.19 bits per heavy atom. The molecule has 0 amide bonds. The Hall–Kier alpha value is -2.13. The summed E-state index contributed by atoms with van der Waals surface area (Å²) in [6.07, 6.45) is 2.23. The van der Waals surface area contributed by atoms with Gasteiger partial charge in [0.05, 0.1) is 28.3 Å². The maximum Gasteiger partial charge on any atom is 0.150 e. The second-order valence-corrected chi connectivity index (χ2v) is 7.55. The molecule has 1 aromatic heterocycles. The molecule has 6 heteroatoms. The third kappa shape index (κ3) is 2.83. The molecule has 0 radical (unpaired) electrons. The number of anilines is 1. The van der Waals surface area contributed by atoms with Gasteiger partial charge in [-0.25, -0.2) is 8.42 Å². The van der Waals surface area contributed by atoms with Crippen LogP contribution in [0.2, 0.25) is 0 Å². The molecule has 1 N–H and O–H groups in total. The van der Waals surface area contributed by atoms with Crippen molar-refractivity contribution in [2.45, 2.75) is 6.42 Å². The zero-order chi connectivity index (χ0) is 14.9. The van der Waals surface area contributed by atoms with Crippen molar-refractivity contribution >= 4 is 26.4 Å². The van der Waals surface area contributed by atoms with Gasteiger partial charge in [0.25, 0.3) is 0 Å². The summed E-state index contributed by atoms with van der Waals surface area (Å²) in [5.74, 6) is 0.598. The molecule has 1 fully saturated rings. The molecule has 1 unspecified atom stereocenters. The van der Waals surface area contributed by atoms with Crippen molar-refractivity contribution in [3.05, 3.63) is 36.0 Å². The molecular formula is C15H15N3O2S. The molecule has 2 aromatic rings. The fourth-order valence-corrected chi connectivity index (χ4v) is 4.56. The van der Waals surface area contributed by atoms with E-state index in [1.54, 1.807) is 6.20 Å². The standard InChI is InChI=1S/C15H15N3O2S/c16-7-12-9-17-14-4-2-1-3-13(14)15(12)18-8-11-5-6-21(19,20)10-11/h1-4,9,11H,5-6,8,10H2,(H,17,18). The average Bonchev–Trinajstić information content (AvgIpc) is 2.84. The molecule has 3 rings (SSSR count). The summed E-state index contributed by atoms with van der Waals surface area (Å²) >= 11 is 0. The maximum atomic E-state index is 11.5. The van der Waals surface area contributed by atoms with Crippen molar-refractivity contribution in [2.24, 2.45) is 5.92 Å². The first-order chi connectivity index (χ1) is 10.1. The summed E-state index contributed by atoms with van der Waals surface area (Å²) in [6.45, 7) is 0.557. The highest BCUT2D eigenvalue weighted by atomic mass is 32.2. The Morgan fingerprint density at radius 1 is 1.38 bits per heavy atom. The first-order valence-corrected chi connectivity index (χ1v) is 8.63. The molecule has 1 saturated heterocycles. The van der Waals surface area contributed by atoms with Crippen molar-refractivity contribution in [1.82, 2.24) is 4.98 Å². The third-order valence-electron chi connectivity index (χ3n) is 3.79. The van der Waals surface area contributed by atoms with Crippen LogP contribution >= 0.6 is 0 Å². The minimum absolute atomic E-state index is 0.105. The molecule has 0 aliphatic carbocycles. The molecule has 5 nitrogen and oxygen atoms in total. The fourth-order valence-electron chi connectivity index (χ4n) is 2.70. The summed E-state index contributed by atoms with van der Waals surface area (Å²) < 4.78 is 23.0. The van der Waals surface area contributed by atoms with Crippen LogP contribution < -0.4 is 5.32 Å². The van der Waals surface area contributed by atoms with Crippen molar-refractivity contribution in [3.63, 3.8) is 0 Å². The van der Waals surface area contributed by atoms with Crippen LogP contribution in [-0.4, -0.2) is 31.5 Å². The second-order valence-electron chi connectivity index (χ2n) is 5.33. The summed E-state index contributed by atoms with van der Waals surface area (Å²) in [5, 5.41) is 13.4. The summed E-state index contributed by atoms with van der Waals surface area (Å²) in [6, 6.07) is 9.74. The first kappa shape index (κ1) is 13.8. The maximum absolute atomic E-state index is 11.5. The van der Waals surface area contributed by atoms with Crippen LogP contribution in [0.5, 0.6) is 0 Å². The molecule has 0 spiro atoms. The van der Waals surface area contributed by atoms with Gasteiger partial charge in [-0.1, -0.05) is 18.2 Å². The molecule has 0 saturated carbocycles. The molecule has 108 valence electrons. The first-order valence-electron chi connectivity index (χ1n) is 6.81. The van der Waals surface area contributed by atoms with Gasteiger partial charge in [0.1, 0.15) is 6.07 Å². The van der Waals surface area contributed by atoms with E-state index in [9.17, 15) is 13.7 Å². The van der Waals surface area contributed by atoms with Crippen LogP contribution in [0.15, 0.2) is 30.5 Å². The minimum Gasteiger partial charge on any atom is -0.383 e. The van der Waals surface area contributed by atoms with E-state index in [0.29, 0.717) is 18.5 Å². The number of nitrogens with one attached hydrogen (secondary N) is 1. The van der Waals surface area contributed by atoms with Crippen molar-refractivity contribution in [2.75, 3.05) is 23.4 Å². The van der Waals surface area contributed by atoms with Crippen LogP contribution in [0.1, 0.15) is 12.0 Å². The number of aromatic nitrogens is 1. The predicted octanol–water partition coefficient (Wildman–Crippen LogP) is 1.95. The Kier molecular flexibility index (Phi) is 3.52. The molecule has 1 aliphatic rings. The van der Waals surface area contributed by atoms with Crippen LogP contribution in [0, 0.1) is 17.2 Å². The summed E-state index contributed by atoms with van der Waals surface area (Å²) in [5.41, 5.74) is 2.04. The number of sulfone groups is 1. The van der Waals surface area contributed by atoms with Gasteiger partial charge in [-0.3, -0.25) is 4.98 Å². The number of rotatable bonds is 3. The monoisotopic (exact) mass is 301 g/mol. The van der Waals surface area contributed by atoms with Crippen LogP contribution in [0.4, 0.5) is 5.69 Å². The quantitative estimate of drug-likeness (QED) is 0.937. The highest BCUT2D eigenvalue weighted by Crippen LogP contribution is 2.27. The van der Waals surface area contributed by atoms with Gasteiger partial charge >= 0.3 is 0 Å². The highest BCUT2D eigenvalue weighted by Gasteiger charge is 2.27. The third-order valence-corrected chi connectivity index (χ3v) is 5.63. The van der Waals surface area contributed by atoms with Gasteiger partial charge in [0.15, 0.2) is 9.84 Å². The smallest absolute Gasteiger partial charge is 0.150 e. The van der Waals surface area contributed by atoms with Crippen molar-refractivity contribution < 1.29 is 8.42 Å².